The van der Waals surface area contributed by atoms with Gasteiger partial charge in [-0.2, -0.15) is 0 Å². The van der Waals surface area contributed by atoms with E-state index in [4.69, 9.17) is 9.47 Å². The van der Waals surface area contributed by atoms with Crippen LogP contribution < -0.4 is 10.6 Å². The Morgan fingerprint density at radius 3 is 1.34 bits per heavy atom. The van der Waals surface area contributed by atoms with E-state index < -0.39 is 0 Å². The Bertz CT molecular complexity index is 636. The predicted molar refractivity (Wildman–Crippen MR) is 146 cm³/mol. The molecule has 0 aromatic heterocycles. The maximum atomic E-state index is 12.2. The molecule has 12 nitrogen and oxygen atoms in total. The highest BCUT2D eigenvalue weighted by Crippen LogP contribution is 2.18. The number of ether oxygens (including phenoxy) is 2. The topological polar surface area (TPSA) is 124 Å². The Hall–Kier alpha value is -2.60. The van der Waals surface area contributed by atoms with Crippen LogP contribution in [0.4, 0.5) is 19.2 Å². The Morgan fingerprint density at radius 2 is 0.974 bits per heavy atom. The van der Waals surface area contributed by atoms with E-state index in [-0.39, 0.29) is 24.2 Å². The highest BCUT2D eigenvalue weighted by Gasteiger charge is 2.42. The lowest BCUT2D eigenvalue weighted by molar-refractivity contribution is 0.103. The van der Waals surface area contributed by atoms with Gasteiger partial charge in [-0.3, -0.25) is 0 Å². The zero-order chi connectivity index (χ0) is 28.2. The van der Waals surface area contributed by atoms with Crippen LogP contribution in [0.2, 0.25) is 0 Å². The van der Waals surface area contributed by atoms with Crippen molar-refractivity contribution in [2.45, 2.75) is 64.2 Å². The van der Waals surface area contributed by atoms with Crippen molar-refractivity contribution in [2.75, 3.05) is 80.7 Å². The molecule has 0 aromatic carbocycles. The van der Waals surface area contributed by atoms with Crippen molar-refractivity contribution < 1.29 is 28.7 Å². The number of nitrogens with one attached hydrogen (secondary N) is 2. The molecule has 1 aliphatic heterocycles. The molecule has 6 amide bonds. The van der Waals surface area contributed by atoms with Gasteiger partial charge in [0, 0.05) is 39.3 Å². The summed E-state index contributed by atoms with van der Waals surface area (Å²) >= 11 is 0. The first-order chi connectivity index (χ1) is 18.2. The minimum absolute atomic E-state index is 0.215. The fourth-order valence-corrected chi connectivity index (χ4v) is 3.86. The lowest BCUT2D eigenvalue weighted by atomic mass is 10.1. The van der Waals surface area contributed by atoms with Crippen LogP contribution in [0.15, 0.2) is 0 Å². The minimum atomic E-state index is -0.386. The van der Waals surface area contributed by atoms with Crippen LogP contribution in [0.25, 0.3) is 0 Å². The smallest absolute Gasteiger partial charge is 0.407 e. The molecular formula is C26H50N6O6. The van der Waals surface area contributed by atoms with Gasteiger partial charge in [-0.15, -0.1) is 0 Å². The number of unbranched alkanes of at least 4 members (excludes halogenated alkanes) is 6. The van der Waals surface area contributed by atoms with Crippen LogP contribution in [-0.2, 0) is 9.47 Å². The van der Waals surface area contributed by atoms with Gasteiger partial charge in [-0.1, -0.05) is 25.7 Å². The molecule has 1 fully saturated rings. The molecule has 1 rings (SSSR count). The first-order valence-corrected chi connectivity index (χ1v) is 14.0. The van der Waals surface area contributed by atoms with Crippen molar-refractivity contribution in [3.8, 4) is 0 Å². The Morgan fingerprint density at radius 1 is 0.605 bits per heavy atom. The van der Waals surface area contributed by atoms with Gasteiger partial charge >= 0.3 is 24.2 Å². The third-order valence-electron chi connectivity index (χ3n) is 6.04. The minimum Gasteiger partial charge on any atom is -0.450 e. The molecule has 1 aliphatic rings. The number of hydrogen-bond acceptors (Lipinski definition) is 8. The average molecular weight is 543 g/mol. The number of nitrogens with zero attached hydrogens (tertiary/aromatic N) is 4. The van der Waals surface area contributed by atoms with Gasteiger partial charge < -0.3 is 29.9 Å². The quantitative estimate of drug-likeness (QED) is 0.200. The highest BCUT2D eigenvalue weighted by molar-refractivity contribution is 6.11. The van der Waals surface area contributed by atoms with Crippen LogP contribution in [0.1, 0.15) is 64.2 Å². The molecule has 0 bridgehead atoms. The standard InChI is InChI=1S/C26H50N6O6/c1-29(2)17-13-21-37-23(33)27-15-9-5-7-11-19-31-25(35)32(26(31)36)20-12-8-6-10-16-28-24(34)38-22-14-18-30(3)4/h5-22H2,1-4H3,(H,27,33)(H,28,34). The summed E-state index contributed by atoms with van der Waals surface area (Å²) < 4.78 is 10.2. The van der Waals surface area contributed by atoms with E-state index in [1.165, 1.54) is 9.80 Å². The number of hydrogen-bond donors (Lipinski definition) is 2. The molecule has 0 atom stereocenters. The maximum Gasteiger partial charge on any atom is 0.407 e. The molecule has 1 heterocycles. The summed E-state index contributed by atoms with van der Waals surface area (Å²) in [5.41, 5.74) is 0. The number of alkyl carbamates (subject to hydrolysis) is 2. The third kappa shape index (κ3) is 15.6. The predicted octanol–water partition coefficient (Wildman–Crippen LogP) is 3.32. The average Bonchev–Trinajstić information content (AvgIpc) is 2.87. The third-order valence-corrected chi connectivity index (χ3v) is 6.04. The summed E-state index contributed by atoms with van der Waals surface area (Å²) in [6.45, 7) is 4.56. The van der Waals surface area contributed by atoms with Crippen molar-refractivity contribution >= 4 is 24.2 Å². The van der Waals surface area contributed by atoms with Gasteiger partial charge in [0.05, 0.1) is 13.2 Å². The van der Waals surface area contributed by atoms with Crippen LogP contribution in [-0.4, -0.2) is 125 Å². The maximum absolute atomic E-state index is 12.2. The molecule has 0 aromatic rings. The molecular weight excluding hydrogens is 492 g/mol. The van der Waals surface area contributed by atoms with E-state index >= 15 is 0 Å². The molecule has 0 spiro atoms. The van der Waals surface area contributed by atoms with Gasteiger partial charge in [-0.05, 0) is 66.7 Å². The summed E-state index contributed by atoms with van der Waals surface area (Å²) in [7, 11) is 7.91. The van der Waals surface area contributed by atoms with E-state index in [1.807, 2.05) is 38.0 Å². The summed E-state index contributed by atoms with van der Waals surface area (Å²) in [4.78, 5) is 54.4. The number of carbonyl (C=O) groups excluding carboxylic acids is 4. The summed E-state index contributed by atoms with van der Waals surface area (Å²) in [5.74, 6) is 0. The molecule has 1 saturated heterocycles. The van der Waals surface area contributed by atoms with Crippen LogP contribution >= 0.6 is 0 Å². The number of urea groups is 2. The van der Waals surface area contributed by atoms with Gasteiger partial charge in [0.2, 0.25) is 0 Å². The Balaban J connectivity index is 1.94. The van der Waals surface area contributed by atoms with E-state index in [9.17, 15) is 19.2 Å². The first-order valence-electron chi connectivity index (χ1n) is 14.0. The molecule has 220 valence electrons. The second-order valence-electron chi connectivity index (χ2n) is 10.1. The number of carbonyl (C=O) groups is 4. The van der Waals surface area contributed by atoms with Gasteiger partial charge in [0.1, 0.15) is 0 Å². The summed E-state index contributed by atoms with van der Waals surface area (Å²) in [5, 5.41) is 5.48. The van der Waals surface area contributed by atoms with E-state index in [0.29, 0.717) is 39.4 Å². The molecule has 0 aliphatic carbocycles. The molecule has 0 saturated carbocycles. The van der Waals surface area contributed by atoms with Crippen LogP contribution in [0.3, 0.4) is 0 Å². The summed E-state index contributed by atoms with van der Waals surface area (Å²) in [6.07, 6.45) is 7.59. The molecule has 38 heavy (non-hydrogen) atoms. The van der Waals surface area contributed by atoms with Crippen molar-refractivity contribution in [1.29, 1.82) is 0 Å². The van der Waals surface area contributed by atoms with E-state index in [2.05, 4.69) is 10.6 Å². The fraction of sp³-hybridized carbons (Fsp3) is 0.846. The number of amides is 6. The second kappa shape index (κ2) is 20.4. The molecule has 0 unspecified atom stereocenters. The van der Waals surface area contributed by atoms with Crippen LogP contribution in [0.5, 0.6) is 0 Å². The van der Waals surface area contributed by atoms with Crippen molar-refractivity contribution in [1.82, 2.24) is 30.2 Å². The van der Waals surface area contributed by atoms with Gasteiger partial charge in [0.15, 0.2) is 0 Å². The van der Waals surface area contributed by atoms with E-state index in [1.54, 1.807) is 0 Å². The summed E-state index contributed by atoms with van der Waals surface area (Å²) in [6, 6.07) is -0.431. The van der Waals surface area contributed by atoms with Crippen LogP contribution in [0, 0.1) is 0 Å². The van der Waals surface area contributed by atoms with Crippen molar-refractivity contribution in [3.63, 3.8) is 0 Å². The fourth-order valence-electron chi connectivity index (χ4n) is 3.86. The monoisotopic (exact) mass is 542 g/mol. The Labute approximate surface area is 228 Å². The van der Waals surface area contributed by atoms with Crippen molar-refractivity contribution in [3.05, 3.63) is 0 Å². The highest BCUT2D eigenvalue weighted by atomic mass is 16.6. The Kier molecular flexibility index (Phi) is 17.9. The largest absolute Gasteiger partial charge is 0.450 e. The first kappa shape index (κ1) is 33.4. The molecule has 0 radical (unpaired) electrons. The zero-order valence-electron chi connectivity index (χ0n) is 24.0. The molecule has 12 heteroatoms. The van der Waals surface area contributed by atoms with Gasteiger partial charge in [0.25, 0.3) is 0 Å². The SMILES string of the molecule is CN(C)CCCOC(=O)NCCCCCCN1C(=O)N(CCCCCCNC(=O)OCCCN(C)C)C1=O. The molecule has 2 N–H and O–H groups in total. The lowest BCUT2D eigenvalue weighted by Crippen LogP contribution is -2.64. The zero-order valence-corrected chi connectivity index (χ0v) is 24.0. The van der Waals surface area contributed by atoms with E-state index in [0.717, 1.165) is 77.3 Å². The normalized spacial score (nSPS) is 13.2. The number of rotatable bonds is 22. The second-order valence-corrected chi connectivity index (χ2v) is 10.1. The van der Waals surface area contributed by atoms with Gasteiger partial charge in [-0.25, -0.2) is 29.0 Å². The lowest BCUT2D eigenvalue weighted by Gasteiger charge is -2.39. The van der Waals surface area contributed by atoms with Crippen molar-refractivity contribution in [2.24, 2.45) is 0 Å². The number of imide groups is 2.